The van der Waals surface area contributed by atoms with Crippen molar-refractivity contribution in [3.05, 3.63) is 23.8 Å². The number of hydrogen-bond acceptors (Lipinski definition) is 1. The Kier molecular flexibility index (Phi) is 1.56. The van der Waals surface area contributed by atoms with Gasteiger partial charge < -0.3 is 5.11 Å². The van der Waals surface area contributed by atoms with Gasteiger partial charge in [-0.05, 0) is 62.2 Å². The Labute approximate surface area is 97.2 Å². The highest BCUT2D eigenvalue weighted by Gasteiger charge is 2.67. The average Bonchev–Trinajstić information content (AvgIpc) is 2.64. The number of hydrogen-bond donors (Lipinski definition) is 1. The second kappa shape index (κ2) is 2.64. The highest BCUT2D eigenvalue weighted by Crippen LogP contribution is 2.74. The molecule has 1 nitrogen and oxygen atoms in total. The molecule has 0 saturated heterocycles. The summed E-state index contributed by atoms with van der Waals surface area (Å²) in [6, 6.07) is 0. The minimum absolute atomic E-state index is 0.607. The zero-order valence-electron chi connectivity index (χ0n) is 10.1. The topological polar surface area (TPSA) is 20.2 Å². The van der Waals surface area contributed by atoms with Crippen LogP contribution in [0.5, 0.6) is 0 Å². The molecule has 4 rings (SSSR count). The molecule has 2 bridgehead atoms. The average molecular weight is 216 g/mol. The molecule has 6 unspecified atom stereocenters. The van der Waals surface area contributed by atoms with Crippen molar-refractivity contribution >= 4 is 0 Å². The van der Waals surface area contributed by atoms with E-state index in [1.807, 2.05) is 13.8 Å². The van der Waals surface area contributed by atoms with Crippen LogP contribution in [0.1, 0.15) is 26.7 Å². The second-order valence-corrected chi connectivity index (χ2v) is 6.82. The number of aliphatic hydroxyl groups is 1. The van der Waals surface area contributed by atoms with Gasteiger partial charge in [0.1, 0.15) is 0 Å². The predicted octanol–water partition coefficient (Wildman–Crippen LogP) is 2.77. The molecule has 0 amide bonds. The van der Waals surface area contributed by atoms with Crippen LogP contribution in [0.25, 0.3) is 0 Å². The van der Waals surface area contributed by atoms with E-state index in [0.717, 1.165) is 35.5 Å². The number of allylic oxidation sites excluding steroid dienone is 3. The van der Waals surface area contributed by atoms with Gasteiger partial charge in [0, 0.05) is 0 Å². The van der Waals surface area contributed by atoms with E-state index in [2.05, 4.69) is 18.2 Å². The Hall–Kier alpha value is -0.560. The lowest BCUT2D eigenvalue weighted by Gasteiger charge is -2.22. The van der Waals surface area contributed by atoms with E-state index in [1.54, 1.807) is 5.57 Å². The highest BCUT2D eigenvalue weighted by molar-refractivity contribution is 5.41. The first kappa shape index (κ1) is 9.47. The lowest BCUT2D eigenvalue weighted by molar-refractivity contribution is 0.132. The molecule has 0 aromatic heterocycles. The molecule has 16 heavy (non-hydrogen) atoms. The molecule has 4 aliphatic rings. The maximum Gasteiger partial charge on any atom is 0.0774 e. The van der Waals surface area contributed by atoms with Crippen LogP contribution in [0, 0.1) is 35.5 Å². The molecular weight excluding hydrogens is 196 g/mol. The van der Waals surface area contributed by atoms with Crippen LogP contribution in [0.3, 0.4) is 0 Å². The van der Waals surface area contributed by atoms with Gasteiger partial charge in [0.25, 0.3) is 0 Å². The van der Waals surface area contributed by atoms with Crippen molar-refractivity contribution in [2.75, 3.05) is 0 Å². The van der Waals surface area contributed by atoms with E-state index in [1.165, 1.54) is 12.8 Å². The molecule has 1 heteroatoms. The molecule has 4 aliphatic carbocycles. The molecule has 0 aromatic carbocycles. The summed E-state index contributed by atoms with van der Waals surface area (Å²) in [4.78, 5) is 0. The Morgan fingerprint density at radius 3 is 2.75 bits per heavy atom. The smallest absolute Gasteiger partial charge is 0.0774 e. The first-order valence-corrected chi connectivity index (χ1v) is 6.68. The van der Waals surface area contributed by atoms with Crippen LogP contribution in [0.15, 0.2) is 23.8 Å². The van der Waals surface area contributed by atoms with Gasteiger partial charge in [-0.2, -0.15) is 0 Å². The van der Waals surface area contributed by atoms with Crippen LogP contribution in [0.2, 0.25) is 0 Å². The monoisotopic (exact) mass is 216 g/mol. The Morgan fingerprint density at radius 2 is 2.00 bits per heavy atom. The summed E-state index contributed by atoms with van der Waals surface area (Å²) in [5.41, 5.74) is 0.987. The summed E-state index contributed by atoms with van der Waals surface area (Å²) < 4.78 is 0. The zero-order chi connectivity index (χ0) is 11.1. The summed E-state index contributed by atoms with van der Waals surface area (Å²) in [5.74, 6) is 5.42. The van der Waals surface area contributed by atoms with Crippen LogP contribution in [-0.4, -0.2) is 10.7 Å². The van der Waals surface area contributed by atoms with Crippen LogP contribution in [-0.2, 0) is 0 Å². The molecule has 0 spiro atoms. The van der Waals surface area contributed by atoms with Gasteiger partial charge in [0.05, 0.1) is 5.60 Å². The fraction of sp³-hybridized carbons (Fsp3) is 0.733. The summed E-state index contributed by atoms with van der Waals surface area (Å²) in [5, 5.41) is 9.89. The van der Waals surface area contributed by atoms with Crippen molar-refractivity contribution in [3.8, 4) is 0 Å². The van der Waals surface area contributed by atoms with Gasteiger partial charge in [-0.3, -0.25) is 0 Å². The maximum absolute atomic E-state index is 9.89. The second-order valence-electron chi connectivity index (χ2n) is 6.82. The SMILES string of the molecule is CC(C)(O)/C=C1\C2C3CC(C4CC=CC43)C12. The standard InChI is InChI=1S/C15H20O/c1-15(2,16)7-12-13-10-6-11(14(12)13)9-5-3-4-8(9)10/h3-4,7-11,13-14,16H,5-6H2,1-2H3/b12-7+. The third kappa shape index (κ3) is 1.05. The van der Waals surface area contributed by atoms with Crippen LogP contribution < -0.4 is 0 Å². The molecule has 1 N–H and O–H groups in total. The van der Waals surface area contributed by atoms with E-state index in [9.17, 15) is 5.11 Å². The summed E-state index contributed by atoms with van der Waals surface area (Å²) in [7, 11) is 0. The van der Waals surface area contributed by atoms with Crippen molar-refractivity contribution in [2.24, 2.45) is 35.5 Å². The van der Waals surface area contributed by atoms with Crippen LogP contribution in [0.4, 0.5) is 0 Å². The van der Waals surface area contributed by atoms with Crippen molar-refractivity contribution < 1.29 is 5.11 Å². The van der Waals surface area contributed by atoms with Gasteiger partial charge >= 0.3 is 0 Å². The predicted molar refractivity (Wildman–Crippen MR) is 63.7 cm³/mol. The number of rotatable bonds is 1. The van der Waals surface area contributed by atoms with E-state index in [0.29, 0.717) is 0 Å². The zero-order valence-corrected chi connectivity index (χ0v) is 10.1. The van der Waals surface area contributed by atoms with Gasteiger partial charge in [0.2, 0.25) is 0 Å². The Balaban J connectivity index is 1.65. The minimum atomic E-state index is -0.607. The first-order valence-electron chi connectivity index (χ1n) is 6.68. The molecule has 3 saturated carbocycles. The van der Waals surface area contributed by atoms with E-state index >= 15 is 0 Å². The lowest BCUT2D eigenvalue weighted by atomic mass is 9.82. The van der Waals surface area contributed by atoms with E-state index in [-0.39, 0.29) is 0 Å². The molecule has 0 heterocycles. The van der Waals surface area contributed by atoms with Crippen molar-refractivity contribution in [3.63, 3.8) is 0 Å². The van der Waals surface area contributed by atoms with Crippen molar-refractivity contribution in [2.45, 2.75) is 32.3 Å². The third-order valence-electron chi connectivity index (χ3n) is 5.34. The summed E-state index contributed by atoms with van der Waals surface area (Å²) in [6.45, 7) is 3.80. The van der Waals surface area contributed by atoms with E-state index in [4.69, 9.17) is 0 Å². The number of fused-ring (bicyclic) bond motifs is 8. The van der Waals surface area contributed by atoms with Crippen molar-refractivity contribution in [1.29, 1.82) is 0 Å². The van der Waals surface area contributed by atoms with Gasteiger partial charge in [-0.15, -0.1) is 0 Å². The molecule has 0 aliphatic heterocycles. The molecule has 6 atom stereocenters. The van der Waals surface area contributed by atoms with Gasteiger partial charge in [-0.25, -0.2) is 0 Å². The maximum atomic E-state index is 9.89. The summed E-state index contributed by atoms with van der Waals surface area (Å²) >= 11 is 0. The third-order valence-corrected chi connectivity index (χ3v) is 5.34. The minimum Gasteiger partial charge on any atom is -0.386 e. The molecule has 0 aromatic rings. The molecule has 3 fully saturated rings. The van der Waals surface area contributed by atoms with Gasteiger partial charge in [0.15, 0.2) is 0 Å². The highest BCUT2D eigenvalue weighted by atomic mass is 16.3. The van der Waals surface area contributed by atoms with Gasteiger partial charge in [-0.1, -0.05) is 23.8 Å². The molecular formula is C15H20O. The Bertz CT molecular complexity index is 398. The lowest BCUT2D eigenvalue weighted by Crippen LogP contribution is -2.18. The molecule has 86 valence electrons. The fourth-order valence-corrected chi connectivity index (χ4v) is 5.01. The summed E-state index contributed by atoms with van der Waals surface area (Å²) in [6.07, 6.45) is 9.82. The normalized spacial score (nSPS) is 54.6. The first-order chi connectivity index (χ1) is 7.56. The quantitative estimate of drug-likeness (QED) is 0.668. The van der Waals surface area contributed by atoms with Crippen molar-refractivity contribution in [1.82, 2.24) is 0 Å². The molecule has 0 radical (unpaired) electrons. The largest absolute Gasteiger partial charge is 0.386 e. The Morgan fingerprint density at radius 1 is 1.25 bits per heavy atom. The fourth-order valence-electron chi connectivity index (χ4n) is 5.01. The van der Waals surface area contributed by atoms with E-state index < -0.39 is 5.60 Å². The van der Waals surface area contributed by atoms with Crippen LogP contribution >= 0.6 is 0 Å².